The Hall–Kier alpha value is -0.530. The van der Waals surface area contributed by atoms with E-state index in [4.69, 9.17) is 0 Å². The van der Waals surface area contributed by atoms with Crippen LogP contribution in [-0.2, 0) is 4.79 Å². The largest absolute Gasteiger partial charge is 0.343 e. The molecule has 0 atom stereocenters. The molecular formula is C9H19NO. The molecule has 2 heteroatoms. The van der Waals surface area contributed by atoms with Crippen LogP contribution in [0.15, 0.2) is 0 Å². The summed E-state index contributed by atoms with van der Waals surface area (Å²) >= 11 is 0. The van der Waals surface area contributed by atoms with Crippen LogP contribution in [0, 0.1) is 0 Å². The summed E-state index contributed by atoms with van der Waals surface area (Å²) in [4.78, 5) is 12.8. The average molecular weight is 157 g/mol. The van der Waals surface area contributed by atoms with Crippen molar-refractivity contribution in [1.82, 2.24) is 4.90 Å². The van der Waals surface area contributed by atoms with Crippen LogP contribution in [0.4, 0.5) is 0 Å². The lowest BCUT2D eigenvalue weighted by Crippen LogP contribution is -2.29. The molecule has 11 heavy (non-hydrogen) atoms. The van der Waals surface area contributed by atoms with Crippen molar-refractivity contribution in [3.63, 3.8) is 0 Å². The normalized spacial score (nSPS) is 9.73. The molecule has 0 saturated carbocycles. The van der Waals surface area contributed by atoms with E-state index >= 15 is 0 Å². The van der Waals surface area contributed by atoms with Crippen LogP contribution in [0.1, 0.15) is 40.0 Å². The standard InChI is InChI=1S/C9H19NO/c1-4-6-7-8-10(5-2)9(3)11/h4-8H2,1-3H3. The number of hydrogen-bond acceptors (Lipinski definition) is 1. The number of unbranched alkanes of at least 4 members (excludes halogenated alkanes) is 2. The Morgan fingerprint density at radius 3 is 2.27 bits per heavy atom. The molecule has 0 fully saturated rings. The van der Waals surface area contributed by atoms with Crippen molar-refractivity contribution in [2.75, 3.05) is 13.1 Å². The summed E-state index contributed by atoms with van der Waals surface area (Å²) in [5.74, 6) is 0.198. The van der Waals surface area contributed by atoms with E-state index in [-0.39, 0.29) is 5.91 Å². The van der Waals surface area contributed by atoms with E-state index in [1.807, 2.05) is 11.8 Å². The monoisotopic (exact) mass is 157 g/mol. The Bertz CT molecular complexity index is 112. The van der Waals surface area contributed by atoms with Crippen molar-refractivity contribution in [2.45, 2.75) is 40.0 Å². The lowest BCUT2D eigenvalue weighted by Gasteiger charge is -2.18. The number of carbonyl (C=O) groups is 1. The minimum absolute atomic E-state index is 0.198. The quantitative estimate of drug-likeness (QED) is 0.559. The molecule has 0 N–H and O–H groups in total. The van der Waals surface area contributed by atoms with Crippen LogP contribution in [0.2, 0.25) is 0 Å². The lowest BCUT2D eigenvalue weighted by molar-refractivity contribution is -0.128. The number of carbonyl (C=O) groups excluding carboxylic acids is 1. The average Bonchev–Trinajstić information content (AvgIpc) is 1.97. The molecule has 0 aromatic heterocycles. The highest BCUT2D eigenvalue weighted by molar-refractivity contribution is 5.73. The lowest BCUT2D eigenvalue weighted by atomic mass is 10.2. The van der Waals surface area contributed by atoms with Crippen molar-refractivity contribution in [2.24, 2.45) is 0 Å². The van der Waals surface area contributed by atoms with E-state index < -0.39 is 0 Å². The van der Waals surface area contributed by atoms with Crippen molar-refractivity contribution in [1.29, 1.82) is 0 Å². The van der Waals surface area contributed by atoms with Crippen LogP contribution in [0.3, 0.4) is 0 Å². The Morgan fingerprint density at radius 1 is 1.27 bits per heavy atom. The maximum Gasteiger partial charge on any atom is 0.219 e. The predicted octanol–water partition coefficient (Wildman–Crippen LogP) is 2.04. The first-order valence-corrected chi connectivity index (χ1v) is 4.47. The van der Waals surface area contributed by atoms with Crippen molar-refractivity contribution < 1.29 is 4.79 Å². The molecule has 0 heterocycles. The van der Waals surface area contributed by atoms with Gasteiger partial charge in [0.15, 0.2) is 0 Å². The van der Waals surface area contributed by atoms with Gasteiger partial charge in [0.25, 0.3) is 0 Å². The van der Waals surface area contributed by atoms with Crippen LogP contribution in [0.25, 0.3) is 0 Å². The highest BCUT2D eigenvalue weighted by Gasteiger charge is 2.03. The Labute approximate surface area is 69.6 Å². The zero-order valence-corrected chi connectivity index (χ0v) is 7.89. The van der Waals surface area contributed by atoms with E-state index in [9.17, 15) is 4.79 Å². The van der Waals surface area contributed by atoms with E-state index in [0.29, 0.717) is 0 Å². The van der Waals surface area contributed by atoms with Gasteiger partial charge >= 0.3 is 0 Å². The molecule has 0 aliphatic heterocycles. The number of amides is 1. The molecule has 0 aliphatic carbocycles. The van der Waals surface area contributed by atoms with Gasteiger partial charge in [0.1, 0.15) is 0 Å². The number of rotatable bonds is 5. The maximum atomic E-state index is 10.9. The van der Waals surface area contributed by atoms with Gasteiger partial charge in [-0.2, -0.15) is 0 Å². The van der Waals surface area contributed by atoms with Gasteiger partial charge in [0, 0.05) is 20.0 Å². The fourth-order valence-electron chi connectivity index (χ4n) is 1.09. The third kappa shape index (κ3) is 4.82. The molecule has 0 saturated heterocycles. The van der Waals surface area contributed by atoms with Gasteiger partial charge in [-0.25, -0.2) is 0 Å². The molecule has 0 radical (unpaired) electrons. The summed E-state index contributed by atoms with van der Waals surface area (Å²) in [5, 5.41) is 0. The van der Waals surface area contributed by atoms with Crippen LogP contribution < -0.4 is 0 Å². The third-order valence-electron chi connectivity index (χ3n) is 1.86. The second-order valence-electron chi connectivity index (χ2n) is 2.81. The van der Waals surface area contributed by atoms with Gasteiger partial charge < -0.3 is 4.90 Å². The Morgan fingerprint density at radius 2 is 1.91 bits per heavy atom. The maximum absolute atomic E-state index is 10.9. The van der Waals surface area contributed by atoms with Gasteiger partial charge in [-0.15, -0.1) is 0 Å². The summed E-state index contributed by atoms with van der Waals surface area (Å²) in [6.45, 7) is 7.60. The van der Waals surface area contributed by atoms with Gasteiger partial charge in [-0.05, 0) is 13.3 Å². The first-order chi connectivity index (χ1) is 5.22. The highest BCUT2D eigenvalue weighted by atomic mass is 16.2. The molecule has 0 aromatic carbocycles. The zero-order valence-electron chi connectivity index (χ0n) is 7.89. The van der Waals surface area contributed by atoms with Crippen molar-refractivity contribution >= 4 is 5.91 Å². The zero-order chi connectivity index (χ0) is 8.69. The van der Waals surface area contributed by atoms with Gasteiger partial charge in [0.05, 0.1) is 0 Å². The molecule has 0 unspecified atom stereocenters. The van der Waals surface area contributed by atoms with E-state index in [1.165, 1.54) is 12.8 Å². The van der Waals surface area contributed by atoms with E-state index in [0.717, 1.165) is 19.5 Å². The molecule has 0 bridgehead atoms. The molecule has 0 spiro atoms. The second kappa shape index (κ2) is 6.20. The van der Waals surface area contributed by atoms with Gasteiger partial charge in [-0.1, -0.05) is 19.8 Å². The smallest absolute Gasteiger partial charge is 0.219 e. The molecule has 0 aromatic rings. The molecule has 0 aliphatic rings. The first-order valence-electron chi connectivity index (χ1n) is 4.47. The summed E-state index contributed by atoms with van der Waals surface area (Å²) in [5.41, 5.74) is 0. The summed E-state index contributed by atoms with van der Waals surface area (Å²) in [6, 6.07) is 0. The first kappa shape index (κ1) is 10.5. The van der Waals surface area contributed by atoms with Crippen molar-refractivity contribution in [3.8, 4) is 0 Å². The van der Waals surface area contributed by atoms with Crippen LogP contribution in [0.5, 0.6) is 0 Å². The fourth-order valence-corrected chi connectivity index (χ4v) is 1.09. The third-order valence-corrected chi connectivity index (χ3v) is 1.86. The van der Waals surface area contributed by atoms with E-state index in [1.54, 1.807) is 6.92 Å². The summed E-state index contributed by atoms with van der Waals surface area (Å²) in [7, 11) is 0. The Balaban J connectivity index is 3.44. The Kier molecular flexibility index (Phi) is 5.90. The molecule has 1 amide bonds. The fraction of sp³-hybridized carbons (Fsp3) is 0.889. The molecule has 0 rings (SSSR count). The second-order valence-corrected chi connectivity index (χ2v) is 2.81. The molecule has 66 valence electrons. The van der Waals surface area contributed by atoms with Crippen molar-refractivity contribution in [3.05, 3.63) is 0 Å². The highest BCUT2D eigenvalue weighted by Crippen LogP contribution is 1.97. The van der Waals surface area contributed by atoms with Gasteiger partial charge in [-0.3, -0.25) is 4.79 Å². The minimum atomic E-state index is 0.198. The SMILES string of the molecule is CCCCCN(CC)C(C)=O. The predicted molar refractivity (Wildman–Crippen MR) is 47.5 cm³/mol. The van der Waals surface area contributed by atoms with Crippen LogP contribution in [-0.4, -0.2) is 23.9 Å². The summed E-state index contributed by atoms with van der Waals surface area (Å²) < 4.78 is 0. The molecule has 2 nitrogen and oxygen atoms in total. The van der Waals surface area contributed by atoms with E-state index in [2.05, 4.69) is 6.92 Å². The summed E-state index contributed by atoms with van der Waals surface area (Å²) in [6.07, 6.45) is 3.59. The number of hydrogen-bond donors (Lipinski definition) is 0. The minimum Gasteiger partial charge on any atom is -0.343 e. The topological polar surface area (TPSA) is 20.3 Å². The molecular weight excluding hydrogens is 138 g/mol. The number of nitrogens with zero attached hydrogens (tertiary/aromatic N) is 1. The van der Waals surface area contributed by atoms with Gasteiger partial charge in [0.2, 0.25) is 5.91 Å². The van der Waals surface area contributed by atoms with Crippen LogP contribution >= 0.6 is 0 Å².